The number of nitrogens with two attached hydrogens (primary N) is 1. The predicted molar refractivity (Wildman–Crippen MR) is 40.4 cm³/mol. The molecule has 1 radical (unpaired) electrons. The van der Waals surface area contributed by atoms with E-state index in [9.17, 15) is 0 Å². The Bertz CT molecular complexity index is 98.7. The average Bonchev–Trinajstić information content (AvgIpc) is 1.65. The Morgan fingerprint density at radius 2 is 2.25 bits per heavy atom. The van der Waals surface area contributed by atoms with E-state index < -0.39 is 0 Å². The molecule has 0 aromatic carbocycles. The highest BCUT2D eigenvalue weighted by atomic mass is 32.1. The lowest BCUT2D eigenvalue weighted by Crippen LogP contribution is -2.04. The summed E-state index contributed by atoms with van der Waals surface area (Å²) in [5.74, 6) is 0. The van der Waals surface area contributed by atoms with Crippen LogP contribution in [0.1, 0.15) is 6.42 Å². The minimum Gasteiger partial charge on any atom is -0.320 e. The second-order valence-corrected chi connectivity index (χ2v) is 2.15. The van der Waals surface area contributed by atoms with Gasteiger partial charge >= 0.3 is 0 Å². The molecule has 0 fully saturated rings. The average molecular weight is 128 g/mol. The van der Waals surface area contributed by atoms with Gasteiger partial charge in [0.2, 0.25) is 0 Å². The van der Waals surface area contributed by atoms with Gasteiger partial charge in [0.15, 0.2) is 0 Å². The molecule has 0 unspecified atom stereocenters. The first-order chi connectivity index (χ1) is 3.66. The molecule has 0 aliphatic heterocycles. The minimum atomic E-state index is 0.632. The van der Waals surface area contributed by atoms with Crippen molar-refractivity contribution >= 4 is 12.6 Å². The second kappa shape index (κ2) is 3.75. The van der Waals surface area contributed by atoms with Crippen LogP contribution in [0.5, 0.6) is 0 Å². The van der Waals surface area contributed by atoms with Gasteiger partial charge in [0.1, 0.15) is 0 Å². The van der Waals surface area contributed by atoms with Crippen LogP contribution in [0.3, 0.4) is 0 Å². The molecule has 2 heteroatoms. The van der Waals surface area contributed by atoms with Gasteiger partial charge in [-0.15, -0.1) is 19.2 Å². The lowest BCUT2D eigenvalue weighted by atomic mass is 10.2. The molecular formula is C6H10NS. The summed E-state index contributed by atoms with van der Waals surface area (Å²) in [6, 6.07) is 0.713. The van der Waals surface area contributed by atoms with Gasteiger partial charge in [-0.25, -0.2) is 0 Å². The molecule has 2 N–H and O–H groups in total. The van der Waals surface area contributed by atoms with E-state index in [0.717, 1.165) is 4.91 Å². The monoisotopic (exact) mass is 128 g/mol. The van der Waals surface area contributed by atoms with E-state index in [1.807, 2.05) is 0 Å². The van der Waals surface area contributed by atoms with Crippen LogP contribution in [0.15, 0.2) is 24.1 Å². The van der Waals surface area contributed by atoms with Crippen LogP contribution in [0, 0.1) is 6.04 Å². The van der Waals surface area contributed by atoms with Crippen molar-refractivity contribution in [3.8, 4) is 0 Å². The Morgan fingerprint density at radius 3 is 2.38 bits per heavy atom. The topological polar surface area (TPSA) is 26.0 Å². The SMILES string of the molecule is C=C[C](N)CC(=C)S. The summed E-state index contributed by atoms with van der Waals surface area (Å²) < 4.78 is 0. The largest absolute Gasteiger partial charge is 0.320 e. The van der Waals surface area contributed by atoms with Crippen LogP contribution in [0.25, 0.3) is 0 Å². The molecule has 0 atom stereocenters. The summed E-state index contributed by atoms with van der Waals surface area (Å²) in [7, 11) is 0. The number of rotatable bonds is 3. The molecular weight excluding hydrogens is 118 g/mol. The Hall–Kier alpha value is -0.210. The standard InChI is InChI=1S/C6H10NS/c1-3-6(7)4-5(2)8/h3,8H,1-2,4,7H2. The van der Waals surface area contributed by atoms with E-state index in [0.29, 0.717) is 12.5 Å². The van der Waals surface area contributed by atoms with E-state index in [2.05, 4.69) is 25.8 Å². The molecule has 0 spiro atoms. The zero-order valence-corrected chi connectivity index (χ0v) is 5.62. The molecule has 0 aliphatic carbocycles. The van der Waals surface area contributed by atoms with Gasteiger partial charge in [-0.3, -0.25) is 0 Å². The summed E-state index contributed by atoms with van der Waals surface area (Å²) in [6.45, 7) is 7.04. The van der Waals surface area contributed by atoms with Crippen LogP contribution >= 0.6 is 12.6 Å². The first-order valence-corrected chi connectivity index (χ1v) is 2.72. The van der Waals surface area contributed by atoms with Crippen molar-refractivity contribution in [2.24, 2.45) is 5.73 Å². The summed E-state index contributed by atoms with van der Waals surface area (Å²) in [5.41, 5.74) is 5.36. The van der Waals surface area contributed by atoms with Crippen molar-refractivity contribution in [3.05, 3.63) is 30.2 Å². The molecule has 0 amide bonds. The Morgan fingerprint density at radius 1 is 1.75 bits per heavy atom. The van der Waals surface area contributed by atoms with Gasteiger partial charge in [-0.05, 0) is 4.91 Å². The number of hydrogen-bond donors (Lipinski definition) is 2. The molecule has 0 saturated carbocycles. The van der Waals surface area contributed by atoms with Crippen molar-refractivity contribution in [2.75, 3.05) is 0 Å². The predicted octanol–water partition coefficient (Wildman–Crippen LogP) is 1.50. The second-order valence-electron chi connectivity index (χ2n) is 1.52. The number of hydrogen-bond acceptors (Lipinski definition) is 2. The normalized spacial score (nSPS) is 9.38. The maximum Gasteiger partial charge on any atom is 0.0604 e. The third-order valence-corrected chi connectivity index (χ3v) is 0.828. The molecule has 1 nitrogen and oxygen atoms in total. The highest BCUT2D eigenvalue weighted by Crippen LogP contribution is 2.09. The molecule has 0 saturated heterocycles. The molecule has 0 heterocycles. The van der Waals surface area contributed by atoms with Crippen LogP contribution < -0.4 is 5.73 Å². The molecule has 45 valence electrons. The summed E-state index contributed by atoms with van der Waals surface area (Å²) in [5, 5.41) is 0. The lowest BCUT2D eigenvalue weighted by molar-refractivity contribution is 1.02. The van der Waals surface area contributed by atoms with Gasteiger partial charge in [0, 0.05) is 6.42 Å². The highest BCUT2D eigenvalue weighted by molar-refractivity contribution is 7.84. The molecule has 0 bridgehead atoms. The fourth-order valence-corrected chi connectivity index (χ4v) is 0.490. The molecule has 8 heavy (non-hydrogen) atoms. The van der Waals surface area contributed by atoms with Gasteiger partial charge in [0.05, 0.1) is 6.04 Å². The summed E-state index contributed by atoms with van der Waals surface area (Å²) >= 11 is 3.95. The van der Waals surface area contributed by atoms with Crippen molar-refractivity contribution in [2.45, 2.75) is 6.42 Å². The van der Waals surface area contributed by atoms with E-state index in [1.54, 1.807) is 6.08 Å². The minimum absolute atomic E-state index is 0.632. The van der Waals surface area contributed by atoms with Crippen LogP contribution in [0.4, 0.5) is 0 Å². The summed E-state index contributed by atoms with van der Waals surface area (Å²) in [4.78, 5) is 0.766. The molecule has 0 aromatic heterocycles. The fourth-order valence-electron chi connectivity index (χ4n) is 0.308. The zero-order valence-electron chi connectivity index (χ0n) is 4.72. The molecule has 0 aliphatic rings. The summed E-state index contributed by atoms with van der Waals surface area (Å²) in [6.07, 6.45) is 2.23. The lowest BCUT2D eigenvalue weighted by Gasteiger charge is -2.00. The third kappa shape index (κ3) is 3.96. The highest BCUT2D eigenvalue weighted by Gasteiger charge is 1.95. The van der Waals surface area contributed by atoms with Crippen molar-refractivity contribution in [1.29, 1.82) is 0 Å². The van der Waals surface area contributed by atoms with Crippen molar-refractivity contribution < 1.29 is 0 Å². The third-order valence-electron chi connectivity index (χ3n) is 0.670. The maximum absolute atomic E-state index is 5.36. The number of thiol groups is 1. The Kier molecular flexibility index (Phi) is 3.65. The van der Waals surface area contributed by atoms with Crippen LogP contribution in [0.2, 0.25) is 0 Å². The first-order valence-electron chi connectivity index (χ1n) is 2.27. The molecule has 0 rings (SSSR count). The van der Waals surface area contributed by atoms with Crippen LogP contribution in [-0.2, 0) is 0 Å². The zero-order chi connectivity index (χ0) is 6.57. The maximum atomic E-state index is 5.36. The molecule has 0 aromatic rings. The van der Waals surface area contributed by atoms with Gasteiger partial charge in [-0.1, -0.05) is 12.7 Å². The van der Waals surface area contributed by atoms with E-state index in [4.69, 9.17) is 5.73 Å². The smallest absolute Gasteiger partial charge is 0.0604 e. The van der Waals surface area contributed by atoms with Gasteiger partial charge in [0.25, 0.3) is 0 Å². The fraction of sp³-hybridized carbons (Fsp3) is 0.167. The Labute approximate surface area is 55.7 Å². The first kappa shape index (κ1) is 7.79. The van der Waals surface area contributed by atoms with E-state index in [1.165, 1.54) is 0 Å². The van der Waals surface area contributed by atoms with Crippen molar-refractivity contribution in [3.63, 3.8) is 0 Å². The Balaban J connectivity index is 3.38. The quantitative estimate of drug-likeness (QED) is 0.553. The van der Waals surface area contributed by atoms with E-state index >= 15 is 0 Å². The van der Waals surface area contributed by atoms with Gasteiger partial charge in [-0.2, -0.15) is 0 Å². The van der Waals surface area contributed by atoms with Crippen LogP contribution in [-0.4, -0.2) is 0 Å². The van der Waals surface area contributed by atoms with Gasteiger partial charge < -0.3 is 5.73 Å². The van der Waals surface area contributed by atoms with Crippen molar-refractivity contribution in [1.82, 2.24) is 0 Å². The van der Waals surface area contributed by atoms with E-state index in [-0.39, 0.29) is 0 Å².